The average Bonchev–Trinajstić information content (AvgIpc) is 3.16. The fourth-order valence-electron chi connectivity index (χ4n) is 3.91. The van der Waals surface area contributed by atoms with Crippen LogP contribution in [-0.4, -0.2) is 46.0 Å². The number of benzene rings is 1. The third kappa shape index (κ3) is 3.85. The van der Waals surface area contributed by atoms with Gasteiger partial charge in [-0.15, -0.1) is 11.3 Å². The minimum Gasteiger partial charge on any atom is -0.365 e. The van der Waals surface area contributed by atoms with E-state index in [-0.39, 0.29) is 30.5 Å². The van der Waals surface area contributed by atoms with Crippen LogP contribution in [0.25, 0.3) is 10.2 Å². The summed E-state index contributed by atoms with van der Waals surface area (Å²) in [6.07, 6.45) is 0.136. The Morgan fingerprint density at radius 3 is 2.83 bits per heavy atom. The second-order valence-corrected chi connectivity index (χ2v) is 8.44. The van der Waals surface area contributed by atoms with Crippen molar-refractivity contribution in [3.05, 3.63) is 62.1 Å². The molecule has 1 aliphatic heterocycles. The standard InChI is InChI=1S/C21H24N4O3S/c1-14-4-3-5-16(12-14)24-10-9-23(13-15(24)2)18(26)6-8-25-20(27)19-17(7-11-29-19)22-21(25)28/h3-5,7,11-12,15H,6,8-10,13H2,1-2H3,(H,22,28)/t15-/m0/s1. The molecule has 29 heavy (non-hydrogen) atoms. The van der Waals surface area contributed by atoms with Crippen LogP contribution in [0.15, 0.2) is 45.3 Å². The molecule has 2 aromatic heterocycles. The van der Waals surface area contributed by atoms with Gasteiger partial charge in [-0.05, 0) is 43.0 Å². The number of amides is 1. The molecule has 152 valence electrons. The first-order chi connectivity index (χ1) is 13.9. The first kappa shape index (κ1) is 19.4. The van der Waals surface area contributed by atoms with Gasteiger partial charge in [0.1, 0.15) is 4.70 Å². The fourth-order valence-corrected chi connectivity index (χ4v) is 4.71. The zero-order valence-corrected chi connectivity index (χ0v) is 17.4. The smallest absolute Gasteiger partial charge is 0.328 e. The molecule has 1 aromatic carbocycles. The van der Waals surface area contributed by atoms with Crippen LogP contribution in [0, 0.1) is 6.92 Å². The maximum atomic E-state index is 12.7. The number of hydrogen-bond acceptors (Lipinski definition) is 5. The molecule has 1 amide bonds. The molecule has 0 saturated carbocycles. The topological polar surface area (TPSA) is 78.4 Å². The monoisotopic (exact) mass is 412 g/mol. The Balaban J connectivity index is 1.41. The molecular weight excluding hydrogens is 388 g/mol. The largest absolute Gasteiger partial charge is 0.365 e. The molecule has 1 atom stereocenters. The Morgan fingerprint density at radius 1 is 1.24 bits per heavy atom. The van der Waals surface area contributed by atoms with E-state index in [4.69, 9.17) is 0 Å². The van der Waals surface area contributed by atoms with Crippen molar-refractivity contribution in [3.63, 3.8) is 0 Å². The molecule has 0 aliphatic carbocycles. The normalized spacial score (nSPS) is 17.1. The van der Waals surface area contributed by atoms with Crippen LogP contribution in [0.4, 0.5) is 5.69 Å². The van der Waals surface area contributed by atoms with Gasteiger partial charge in [-0.25, -0.2) is 4.79 Å². The number of rotatable bonds is 4. The van der Waals surface area contributed by atoms with E-state index in [0.717, 1.165) is 11.1 Å². The van der Waals surface area contributed by atoms with Crippen molar-refractivity contribution in [1.82, 2.24) is 14.5 Å². The number of anilines is 1. The van der Waals surface area contributed by atoms with E-state index >= 15 is 0 Å². The summed E-state index contributed by atoms with van der Waals surface area (Å²) in [5, 5.41) is 1.77. The second kappa shape index (κ2) is 7.87. The van der Waals surface area contributed by atoms with Crippen LogP contribution >= 0.6 is 11.3 Å². The highest BCUT2D eigenvalue weighted by Gasteiger charge is 2.27. The van der Waals surface area contributed by atoms with Gasteiger partial charge in [0.2, 0.25) is 5.91 Å². The summed E-state index contributed by atoms with van der Waals surface area (Å²) in [5.74, 6) is -0.0293. The van der Waals surface area contributed by atoms with Crippen LogP contribution in [0.1, 0.15) is 18.9 Å². The average molecular weight is 413 g/mol. The van der Waals surface area contributed by atoms with Crippen molar-refractivity contribution in [2.24, 2.45) is 0 Å². The summed E-state index contributed by atoms with van der Waals surface area (Å²) in [4.78, 5) is 44.3. The number of thiophene rings is 1. The third-order valence-corrected chi connectivity index (χ3v) is 6.36. The number of carbonyl (C=O) groups excluding carboxylic acids is 1. The maximum Gasteiger partial charge on any atom is 0.328 e. The van der Waals surface area contributed by atoms with Crippen LogP contribution in [0.3, 0.4) is 0 Å². The van der Waals surface area contributed by atoms with Gasteiger partial charge < -0.3 is 14.8 Å². The molecule has 0 radical (unpaired) electrons. The van der Waals surface area contributed by atoms with Crippen molar-refractivity contribution in [2.75, 3.05) is 24.5 Å². The molecule has 0 bridgehead atoms. The zero-order valence-electron chi connectivity index (χ0n) is 16.6. The van der Waals surface area contributed by atoms with Gasteiger partial charge in [-0.1, -0.05) is 12.1 Å². The molecule has 7 nitrogen and oxygen atoms in total. The lowest BCUT2D eigenvalue weighted by molar-refractivity contribution is -0.132. The highest BCUT2D eigenvalue weighted by molar-refractivity contribution is 7.17. The summed E-state index contributed by atoms with van der Waals surface area (Å²) >= 11 is 1.29. The molecule has 1 saturated heterocycles. The van der Waals surface area contributed by atoms with Gasteiger partial charge in [0.25, 0.3) is 5.56 Å². The SMILES string of the molecule is Cc1cccc(N2CCN(C(=O)CCn3c(=O)[nH]c4ccsc4c3=O)C[C@@H]2C)c1. The molecule has 1 fully saturated rings. The van der Waals surface area contributed by atoms with Crippen molar-refractivity contribution < 1.29 is 4.79 Å². The molecule has 0 unspecified atom stereocenters. The Bertz CT molecular complexity index is 1160. The van der Waals surface area contributed by atoms with E-state index < -0.39 is 5.69 Å². The summed E-state index contributed by atoms with van der Waals surface area (Å²) < 4.78 is 1.64. The first-order valence-electron chi connectivity index (χ1n) is 9.75. The molecule has 1 N–H and O–H groups in total. The molecule has 8 heteroatoms. The summed E-state index contributed by atoms with van der Waals surface area (Å²) in [7, 11) is 0. The van der Waals surface area contributed by atoms with Crippen LogP contribution < -0.4 is 16.1 Å². The summed E-state index contributed by atoms with van der Waals surface area (Å²) in [6.45, 7) is 6.30. The van der Waals surface area contributed by atoms with Crippen molar-refractivity contribution in [2.45, 2.75) is 32.9 Å². The number of piperazine rings is 1. The fraction of sp³-hybridized carbons (Fsp3) is 0.381. The Hall–Kier alpha value is -2.87. The lowest BCUT2D eigenvalue weighted by Gasteiger charge is -2.41. The summed E-state index contributed by atoms with van der Waals surface area (Å²) in [5.41, 5.74) is 2.14. The molecule has 4 rings (SSSR count). The molecule has 3 heterocycles. The first-order valence-corrected chi connectivity index (χ1v) is 10.6. The van der Waals surface area contributed by atoms with Gasteiger partial charge in [-0.3, -0.25) is 14.2 Å². The Kier molecular flexibility index (Phi) is 5.27. The van der Waals surface area contributed by atoms with E-state index in [9.17, 15) is 14.4 Å². The van der Waals surface area contributed by atoms with E-state index in [1.165, 1.54) is 22.6 Å². The third-order valence-electron chi connectivity index (χ3n) is 5.45. The number of aromatic nitrogens is 2. The van der Waals surface area contributed by atoms with E-state index in [0.29, 0.717) is 23.3 Å². The minimum absolute atomic E-state index is 0.0293. The second-order valence-electron chi connectivity index (χ2n) is 7.52. The van der Waals surface area contributed by atoms with Crippen molar-refractivity contribution >= 4 is 33.1 Å². The van der Waals surface area contributed by atoms with Gasteiger partial charge in [-0.2, -0.15) is 0 Å². The number of aryl methyl sites for hydroxylation is 1. The van der Waals surface area contributed by atoms with Crippen molar-refractivity contribution in [3.8, 4) is 0 Å². The quantitative estimate of drug-likeness (QED) is 0.713. The Morgan fingerprint density at radius 2 is 2.07 bits per heavy atom. The number of nitrogens with one attached hydrogen (secondary N) is 1. The predicted molar refractivity (Wildman–Crippen MR) is 116 cm³/mol. The number of H-pyrrole nitrogens is 1. The lowest BCUT2D eigenvalue weighted by Crippen LogP contribution is -2.54. The van der Waals surface area contributed by atoms with Crippen molar-refractivity contribution in [1.29, 1.82) is 0 Å². The summed E-state index contributed by atoms with van der Waals surface area (Å²) in [6, 6.07) is 10.3. The van der Waals surface area contributed by atoms with Gasteiger partial charge in [0, 0.05) is 44.3 Å². The number of hydrogen-bond donors (Lipinski definition) is 1. The van der Waals surface area contributed by atoms with E-state index in [2.05, 4.69) is 48.0 Å². The predicted octanol–water partition coefficient (Wildman–Crippen LogP) is 2.19. The number of fused-ring (bicyclic) bond motifs is 1. The van der Waals surface area contributed by atoms with Crippen LogP contribution in [-0.2, 0) is 11.3 Å². The maximum absolute atomic E-state index is 12.7. The lowest BCUT2D eigenvalue weighted by atomic mass is 10.1. The van der Waals surface area contributed by atoms with Crippen LogP contribution in [0.2, 0.25) is 0 Å². The zero-order chi connectivity index (χ0) is 20.5. The highest BCUT2D eigenvalue weighted by atomic mass is 32.1. The molecular formula is C21H24N4O3S. The number of carbonyl (C=O) groups is 1. The van der Waals surface area contributed by atoms with Crippen LogP contribution in [0.5, 0.6) is 0 Å². The van der Waals surface area contributed by atoms with Gasteiger partial charge in [0.05, 0.1) is 5.52 Å². The van der Waals surface area contributed by atoms with E-state index in [1.807, 2.05) is 4.90 Å². The van der Waals surface area contributed by atoms with E-state index in [1.54, 1.807) is 11.4 Å². The number of aromatic amines is 1. The van der Waals surface area contributed by atoms with Gasteiger partial charge >= 0.3 is 5.69 Å². The molecule has 1 aliphatic rings. The highest BCUT2D eigenvalue weighted by Crippen LogP contribution is 2.22. The van der Waals surface area contributed by atoms with Gasteiger partial charge in [0.15, 0.2) is 0 Å². The Labute approximate surface area is 172 Å². The molecule has 0 spiro atoms. The number of nitrogens with zero attached hydrogens (tertiary/aromatic N) is 3. The molecule has 3 aromatic rings. The minimum atomic E-state index is -0.466.